The molecule has 1 aromatic heterocycles. The number of halogens is 2. The molecule has 2 rings (SSSR count). The van der Waals surface area contributed by atoms with Crippen LogP contribution < -0.4 is 15.4 Å². The molecular formula is C17H16ClFN4O2. The molecule has 0 aliphatic rings. The quantitative estimate of drug-likeness (QED) is 0.705. The van der Waals surface area contributed by atoms with E-state index < -0.39 is 5.82 Å². The predicted molar refractivity (Wildman–Crippen MR) is 92.0 cm³/mol. The topological polar surface area (TPSA) is 87.0 Å². The number of rotatable bonds is 8. The molecule has 8 heteroatoms. The molecule has 130 valence electrons. The van der Waals surface area contributed by atoms with E-state index in [-0.39, 0.29) is 24.0 Å². The van der Waals surface area contributed by atoms with Crippen molar-refractivity contribution in [1.29, 1.82) is 5.26 Å². The maximum absolute atomic E-state index is 12.9. The lowest BCUT2D eigenvalue weighted by atomic mass is 10.3. The second kappa shape index (κ2) is 9.45. The maximum atomic E-state index is 12.9. The minimum absolute atomic E-state index is 0.128. The molecule has 1 amide bonds. The van der Waals surface area contributed by atoms with E-state index in [0.717, 1.165) is 6.07 Å². The monoisotopic (exact) mass is 362 g/mol. The van der Waals surface area contributed by atoms with Gasteiger partial charge in [0.1, 0.15) is 23.5 Å². The summed E-state index contributed by atoms with van der Waals surface area (Å²) < 4.78 is 18.3. The van der Waals surface area contributed by atoms with E-state index in [1.54, 1.807) is 18.3 Å². The highest BCUT2D eigenvalue weighted by Crippen LogP contribution is 2.24. The van der Waals surface area contributed by atoms with Crippen molar-refractivity contribution < 1.29 is 13.9 Å². The number of amides is 1. The Morgan fingerprint density at radius 2 is 2.20 bits per heavy atom. The molecule has 0 aliphatic carbocycles. The van der Waals surface area contributed by atoms with Crippen molar-refractivity contribution in [2.75, 3.05) is 25.0 Å². The lowest BCUT2D eigenvalue weighted by molar-refractivity contribution is -0.121. The number of nitrogens with one attached hydrogen (secondary N) is 2. The summed E-state index contributed by atoms with van der Waals surface area (Å²) >= 11 is 5.83. The fourth-order valence-corrected chi connectivity index (χ4v) is 2.18. The molecule has 0 atom stereocenters. The second-order valence-electron chi connectivity index (χ2n) is 4.96. The average molecular weight is 363 g/mol. The van der Waals surface area contributed by atoms with Crippen LogP contribution in [0.4, 0.5) is 10.2 Å². The number of pyridine rings is 1. The fourth-order valence-electron chi connectivity index (χ4n) is 1.95. The Labute approximate surface area is 149 Å². The Hall–Kier alpha value is -2.85. The molecule has 1 aromatic carbocycles. The van der Waals surface area contributed by atoms with Gasteiger partial charge in [0.15, 0.2) is 0 Å². The molecule has 1 heterocycles. The van der Waals surface area contributed by atoms with Gasteiger partial charge in [0, 0.05) is 19.3 Å². The number of ether oxygens (including phenoxy) is 1. The molecule has 0 saturated heterocycles. The van der Waals surface area contributed by atoms with Gasteiger partial charge in [-0.05, 0) is 30.3 Å². The zero-order valence-electron chi connectivity index (χ0n) is 13.3. The number of anilines is 1. The van der Waals surface area contributed by atoms with Gasteiger partial charge in [0.05, 0.1) is 23.6 Å². The normalized spacial score (nSPS) is 9.96. The first-order valence-corrected chi connectivity index (χ1v) is 7.91. The summed E-state index contributed by atoms with van der Waals surface area (Å²) in [5.74, 6) is 0.168. The van der Waals surface area contributed by atoms with Gasteiger partial charge < -0.3 is 15.4 Å². The van der Waals surface area contributed by atoms with Gasteiger partial charge in [-0.15, -0.1) is 0 Å². The smallest absolute Gasteiger partial charge is 0.223 e. The summed E-state index contributed by atoms with van der Waals surface area (Å²) in [5.41, 5.74) is 0.443. The van der Waals surface area contributed by atoms with Crippen molar-refractivity contribution in [3.63, 3.8) is 0 Å². The van der Waals surface area contributed by atoms with Crippen molar-refractivity contribution >= 4 is 23.3 Å². The van der Waals surface area contributed by atoms with Crippen LogP contribution in [0.25, 0.3) is 0 Å². The summed E-state index contributed by atoms with van der Waals surface area (Å²) in [4.78, 5) is 15.8. The van der Waals surface area contributed by atoms with E-state index in [1.807, 2.05) is 6.07 Å². The molecule has 25 heavy (non-hydrogen) atoms. The zero-order valence-corrected chi connectivity index (χ0v) is 14.0. The van der Waals surface area contributed by atoms with Crippen LogP contribution in [0.2, 0.25) is 5.02 Å². The Morgan fingerprint density at radius 1 is 1.36 bits per heavy atom. The molecule has 6 nitrogen and oxygen atoms in total. The average Bonchev–Trinajstić information content (AvgIpc) is 2.61. The first-order chi connectivity index (χ1) is 12.1. The van der Waals surface area contributed by atoms with Crippen LogP contribution in [0.15, 0.2) is 36.5 Å². The van der Waals surface area contributed by atoms with E-state index in [0.29, 0.717) is 30.2 Å². The SMILES string of the molecule is N#Cc1cccnc1NCCNC(=O)CCOc1ccc(F)cc1Cl. The Balaban J connectivity index is 1.65. The van der Waals surface area contributed by atoms with Crippen LogP contribution >= 0.6 is 11.6 Å². The third-order valence-corrected chi connectivity index (χ3v) is 3.44. The Morgan fingerprint density at radius 3 is 2.96 bits per heavy atom. The van der Waals surface area contributed by atoms with Crippen molar-refractivity contribution in [2.24, 2.45) is 0 Å². The molecule has 0 unspecified atom stereocenters. The molecule has 0 aliphatic heterocycles. The third kappa shape index (κ3) is 5.94. The van der Waals surface area contributed by atoms with Crippen molar-refractivity contribution in [3.05, 3.63) is 52.9 Å². The molecule has 0 radical (unpaired) electrons. The molecule has 0 saturated carbocycles. The lowest BCUT2D eigenvalue weighted by Crippen LogP contribution is -2.30. The first kappa shape index (κ1) is 18.5. The minimum Gasteiger partial charge on any atom is -0.491 e. The first-order valence-electron chi connectivity index (χ1n) is 7.53. The number of hydrogen-bond donors (Lipinski definition) is 2. The third-order valence-electron chi connectivity index (χ3n) is 3.15. The molecule has 2 aromatic rings. The standard InChI is InChI=1S/C17H16ClFN4O2/c18-14-10-13(19)3-4-15(14)25-9-5-16(24)21-7-8-23-17-12(11-20)2-1-6-22-17/h1-4,6,10H,5,7-9H2,(H,21,24)(H,22,23). The fraction of sp³-hybridized carbons (Fsp3) is 0.235. The van der Waals surface area contributed by atoms with Gasteiger partial charge in [0.2, 0.25) is 5.91 Å². The van der Waals surface area contributed by atoms with Crippen LogP contribution in [0.1, 0.15) is 12.0 Å². The van der Waals surface area contributed by atoms with Crippen molar-refractivity contribution in [1.82, 2.24) is 10.3 Å². The lowest BCUT2D eigenvalue weighted by Gasteiger charge is -2.10. The second-order valence-corrected chi connectivity index (χ2v) is 5.37. The maximum Gasteiger partial charge on any atom is 0.223 e. The zero-order chi connectivity index (χ0) is 18.1. The van der Waals surface area contributed by atoms with Crippen molar-refractivity contribution in [3.8, 4) is 11.8 Å². The number of carbonyl (C=O) groups excluding carboxylic acids is 1. The number of hydrogen-bond acceptors (Lipinski definition) is 5. The van der Waals surface area contributed by atoms with E-state index in [9.17, 15) is 9.18 Å². The number of carbonyl (C=O) groups is 1. The number of aromatic nitrogens is 1. The predicted octanol–water partition coefficient (Wildman–Crippen LogP) is 2.74. The van der Waals surface area contributed by atoms with Gasteiger partial charge in [-0.2, -0.15) is 5.26 Å². The van der Waals surface area contributed by atoms with Gasteiger partial charge in [-0.3, -0.25) is 4.79 Å². The largest absolute Gasteiger partial charge is 0.491 e. The number of nitriles is 1. The summed E-state index contributed by atoms with van der Waals surface area (Å²) in [6, 6.07) is 9.17. The van der Waals surface area contributed by atoms with Crippen LogP contribution in [-0.4, -0.2) is 30.6 Å². The van der Waals surface area contributed by atoms with E-state index in [4.69, 9.17) is 21.6 Å². The molecule has 0 fully saturated rings. The summed E-state index contributed by atoms with van der Waals surface area (Å²) in [6.45, 7) is 0.934. The van der Waals surface area contributed by atoms with Crippen LogP contribution in [-0.2, 0) is 4.79 Å². The van der Waals surface area contributed by atoms with Crippen LogP contribution in [0.3, 0.4) is 0 Å². The summed E-state index contributed by atoms with van der Waals surface area (Å²) in [5, 5.41) is 14.8. The van der Waals surface area contributed by atoms with E-state index in [1.165, 1.54) is 12.1 Å². The highest BCUT2D eigenvalue weighted by atomic mass is 35.5. The van der Waals surface area contributed by atoms with Gasteiger partial charge in [-0.1, -0.05) is 11.6 Å². The molecule has 2 N–H and O–H groups in total. The van der Waals surface area contributed by atoms with E-state index in [2.05, 4.69) is 15.6 Å². The highest BCUT2D eigenvalue weighted by Gasteiger charge is 2.06. The van der Waals surface area contributed by atoms with Gasteiger partial charge >= 0.3 is 0 Å². The summed E-state index contributed by atoms with van der Waals surface area (Å²) in [6.07, 6.45) is 1.72. The highest BCUT2D eigenvalue weighted by molar-refractivity contribution is 6.32. The number of nitrogens with zero attached hydrogens (tertiary/aromatic N) is 2. The molecule has 0 bridgehead atoms. The number of benzene rings is 1. The van der Waals surface area contributed by atoms with Gasteiger partial charge in [0.25, 0.3) is 0 Å². The van der Waals surface area contributed by atoms with Crippen LogP contribution in [0.5, 0.6) is 5.75 Å². The van der Waals surface area contributed by atoms with Crippen molar-refractivity contribution in [2.45, 2.75) is 6.42 Å². The van der Waals surface area contributed by atoms with E-state index >= 15 is 0 Å². The van der Waals surface area contributed by atoms with Crippen LogP contribution in [0, 0.1) is 17.1 Å². The Kier molecular flexibility index (Phi) is 6.99. The van der Waals surface area contributed by atoms with Gasteiger partial charge in [-0.25, -0.2) is 9.37 Å². The Bertz CT molecular complexity index is 779. The summed E-state index contributed by atoms with van der Waals surface area (Å²) in [7, 11) is 0. The minimum atomic E-state index is -0.449. The molecular weight excluding hydrogens is 347 g/mol. The molecule has 0 spiro atoms.